The van der Waals surface area contributed by atoms with Crippen LogP contribution in [0.5, 0.6) is 0 Å². The van der Waals surface area contributed by atoms with Crippen molar-refractivity contribution in [1.82, 2.24) is 4.72 Å². The quantitative estimate of drug-likeness (QED) is 0.869. The molecule has 0 aliphatic carbocycles. The topological polar surface area (TPSA) is 46.2 Å². The van der Waals surface area contributed by atoms with E-state index in [4.69, 9.17) is 23.2 Å². The summed E-state index contributed by atoms with van der Waals surface area (Å²) in [4.78, 5) is 0.765. The third kappa shape index (κ3) is 3.05. The number of hydrogen-bond donors (Lipinski definition) is 1. The van der Waals surface area contributed by atoms with E-state index in [1.807, 2.05) is 6.26 Å². The van der Waals surface area contributed by atoms with Crippen LogP contribution in [0.4, 0.5) is 0 Å². The molecule has 7 heteroatoms. The third-order valence-corrected chi connectivity index (χ3v) is 5.04. The van der Waals surface area contributed by atoms with E-state index in [0.29, 0.717) is 11.6 Å². The fourth-order valence-corrected chi connectivity index (χ4v) is 3.75. The van der Waals surface area contributed by atoms with Crippen LogP contribution in [0.2, 0.25) is 10.0 Å². The summed E-state index contributed by atoms with van der Waals surface area (Å²) in [5.41, 5.74) is 0. The maximum absolute atomic E-state index is 11.7. The smallest absolute Gasteiger partial charge is 0.211 e. The zero-order valence-corrected chi connectivity index (χ0v) is 11.9. The number of hydrogen-bond acceptors (Lipinski definition) is 3. The van der Waals surface area contributed by atoms with E-state index in [2.05, 4.69) is 4.72 Å². The highest BCUT2D eigenvalue weighted by molar-refractivity contribution is 7.98. The molecule has 0 radical (unpaired) electrons. The molecule has 1 rings (SSSR count). The minimum atomic E-state index is -3.56. The molecular formula is C9H11Cl2NO2S2. The Morgan fingerprint density at radius 2 is 1.94 bits per heavy atom. The second-order valence-electron chi connectivity index (χ2n) is 2.92. The second-order valence-corrected chi connectivity index (χ2v) is 6.32. The summed E-state index contributed by atoms with van der Waals surface area (Å²) in [6, 6.07) is 2.92. The lowest BCUT2D eigenvalue weighted by atomic mass is 10.3. The van der Waals surface area contributed by atoms with Gasteiger partial charge in [-0.1, -0.05) is 30.1 Å². The minimum absolute atomic E-state index is 0.0128. The van der Waals surface area contributed by atoms with Gasteiger partial charge in [-0.3, -0.25) is 0 Å². The van der Waals surface area contributed by atoms with E-state index < -0.39 is 10.0 Å². The van der Waals surface area contributed by atoms with Crippen LogP contribution in [0.25, 0.3) is 0 Å². The summed E-state index contributed by atoms with van der Waals surface area (Å²) in [5, 5.41) is 0.558. The Balaban J connectivity index is 3.31. The molecule has 0 aliphatic heterocycles. The van der Waals surface area contributed by atoms with Crippen molar-refractivity contribution in [2.75, 3.05) is 12.8 Å². The Bertz CT molecular complexity index is 489. The molecule has 1 aromatic carbocycles. The lowest BCUT2D eigenvalue weighted by molar-refractivity contribution is 0.584. The largest absolute Gasteiger partial charge is 0.242 e. The summed E-state index contributed by atoms with van der Waals surface area (Å²) in [6.45, 7) is 2.00. The van der Waals surface area contributed by atoms with Crippen LogP contribution in [0.3, 0.4) is 0 Å². The Morgan fingerprint density at radius 3 is 2.44 bits per heavy atom. The normalized spacial score (nSPS) is 11.8. The number of benzene rings is 1. The molecule has 16 heavy (non-hydrogen) atoms. The number of sulfonamides is 1. The highest BCUT2D eigenvalue weighted by Gasteiger charge is 2.18. The summed E-state index contributed by atoms with van der Waals surface area (Å²) >= 11 is 13.3. The van der Waals surface area contributed by atoms with Gasteiger partial charge < -0.3 is 0 Å². The van der Waals surface area contributed by atoms with Gasteiger partial charge in [-0.15, -0.1) is 11.8 Å². The lowest BCUT2D eigenvalue weighted by Gasteiger charge is -2.09. The third-order valence-electron chi connectivity index (χ3n) is 1.83. The molecule has 90 valence electrons. The monoisotopic (exact) mass is 299 g/mol. The molecule has 0 aliphatic rings. The summed E-state index contributed by atoms with van der Waals surface area (Å²) in [6.07, 6.45) is 1.84. The van der Waals surface area contributed by atoms with E-state index in [9.17, 15) is 8.42 Å². The highest BCUT2D eigenvalue weighted by atomic mass is 35.5. The van der Waals surface area contributed by atoms with Crippen molar-refractivity contribution in [3.8, 4) is 0 Å². The van der Waals surface area contributed by atoms with Crippen molar-refractivity contribution < 1.29 is 8.42 Å². The van der Waals surface area contributed by atoms with E-state index in [0.717, 1.165) is 4.90 Å². The maximum Gasteiger partial charge on any atom is 0.242 e. The van der Waals surface area contributed by atoms with Crippen molar-refractivity contribution in [3.05, 3.63) is 22.2 Å². The molecule has 0 spiro atoms. The predicted octanol–water partition coefficient (Wildman–Crippen LogP) is 3.01. The molecule has 0 heterocycles. The van der Waals surface area contributed by atoms with Crippen molar-refractivity contribution in [3.63, 3.8) is 0 Å². The van der Waals surface area contributed by atoms with Gasteiger partial charge in [0.15, 0.2) is 0 Å². The van der Waals surface area contributed by atoms with Crippen molar-refractivity contribution >= 4 is 45.0 Å². The van der Waals surface area contributed by atoms with E-state index in [1.165, 1.54) is 17.8 Å². The summed E-state index contributed by atoms with van der Waals surface area (Å²) < 4.78 is 25.9. The van der Waals surface area contributed by atoms with Crippen molar-refractivity contribution in [2.24, 2.45) is 0 Å². The second kappa shape index (κ2) is 5.60. The van der Waals surface area contributed by atoms with Gasteiger partial charge >= 0.3 is 0 Å². The molecule has 0 fully saturated rings. The Labute approximate surface area is 110 Å². The molecule has 0 aromatic heterocycles. The van der Waals surface area contributed by atoms with Crippen molar-refractivity contribution in [1.29, 1.82) is 0 Å². The van der Waals surface area contributed by atoms with Gasteiger partial charge in [0, 0.05) is 11.4 Å². The predicted molar refractivity (Wildman–Crippen MR) is 69.1 cm³/mol. The van der Waals surface area contributed by atoms with Gasteiger partial charge in [0.05, 0.1) is 10.0 Å². The van der Waals surface area contributed by atoms with Crippen LogP contribution in [-0.4, -0.2) is 21.2 Å². The molecule has 3 nitrogen and oxygen atoms in total. The maximum atomic E-state index is 11.7. The lowest BCUT2D eigenvalue weighted by Crippen LogP contribution is -2.23. The molecule has 0 atom stereocenters. The van der Waals surface area contributed by atoms with Gasteiger partial charge in [0.2, 0.25) is 10.0 Å². The average molecular weight is 300 g/mol. The van der Waals surface area contributed by atoms with Crippen LogP contribution >= 0.6 is 35.0 Å². The van der Waals surface area contributed by atoms with Gasteiger partial charge in [-0.2, -0.15) is 0 Å². The first kappa shape index (κ1) is 14.1. The zero-order valence-electron chi connectivity index (χ0n) is 8.75. The van der Waals surface area contributed by atoms with E-state index >= 15 is 0 Å². The number of rotatable bonds is 4. The zero-order chi connectivity index (χ0) is 12.3. The average Bonchev–Trinajstić information content (AvgIpc) is 2.20. The molecule has 0 saturated heterocycles. The number of nitrogens with one attached hydrogen (secondary N) is 1. The fraction of sp³-hybridized carbons (Fsp3) is 0.333. The van der Waals surface area contributed by atoms with Crippen LogP contribution in [0.1, 0.15) is 6.92 Å². The van der Waals surface area contributed by atoms with E-state index in [1.54, 1.807) is 13.0 Å². The first-order valence-corrected chi connectivity index (χ1v) is 7.91. The fourth-order valence-electron chi connectivity index (χ4n) is 1.14. The highest BCUT2D eigenvalue weighted by Crippen LogP contribution is 2.33. The molecule has 1 aromatic rings. The SMILES string of the molecule is CCNS(=O)(=O)c1cc(Cl)c(SC)cc1Cl. The van der Waals surface area contributed by atoms with Crippen LogP contribution in [0, 0.1) is 0 Å². The Kier molecular flexibility index (Phi) is 4.94. The number of halogens is 2. The van der Waals surface area contributed by atoms with Gasteiger partial charge in [0.25, 0.3) is 0 Å². The molecule has 0 saturated carbocycles. The Hall–Kier alpha value is 0.0600. The Morgan fingerprint density at radius 1 is 1.31 bits per heavy atom. The van der Waals surface area contributed by atoms with Gasteiger partial charge in [-0.05, 0) is 18.4 Å². The van der Waals surface area contributed by atoms with Crippen LogP contribution in [0.15, 0.2) is 21.9 Å². The molecular weight excluding hydrogens is 289 g/mol. The standard InChI is InChI=1S/C9H11Cl2NO2S2/c1-3-12-16(13,14)9-5-6(10)8(15-2)4-7(9)11/h4-5,12H,3H2,1-2H3. The molecule has 0 amide bonds. The minimum Gasteiger partial charge on any atom is -0.211 e. The van der Waals surface area contributed by atoms with Gasteiger partial charge in [-0.25, -0.2) is 13.1 Å². The van der Waals surface area contributed by atoms with Crippen molar-refractivity contribution in [2.45, 2.75) is 16.7 Å². The number of thioether (sulfide) groups is 1. The van der Waals surface area contributed by atoms with Gasteiger partial charge in [0.1, 0.15) is 4.90 Å². The molecule has 0 unspecified atom stereocenters. The first-order valence-electron chi connectivity index (χ1n) is 4.45. The van der Waals surface area contributed by atoms with Crippen LogP contribution in [-0.2, 0) is 10.0 Å². The summed E-state index contributed by atoms with van der Waals surface area (Å²) in [7, 11) is -3.56. The molecule has 0 bridgehead atoms. The van der Waals surface area contributed by atoms with E-state index in [-0.39, 0.29) is 9.92 Å². The first-order chi connectivity index (χ1) is 7.42. The summed E-state index contributed by atoms with van der Waals surface area (Å²) in [5.74, 6) is 0. The van der Waals surface area contributed by atoms with Crippen LogP contribution < -0.4 is 4.72 Å². The molecule has 1 N–H and O–H groups in total.